The van der Waals surface area contributed by atoms with E-state index in [1.54, 1.807) is 0 Å². The molecule has 0 amide bonds. The molecule has 0 saturated heterocycles. The molecule has 0 radical (unpaired) electrons. The molecule has 5 aromatic rings. The van der Waals surface area contributed by atoms with Crippen LogP contribution in [-0.2, 0) is 0 Å². The molecule has 2 aliphatic rings. The fourth-order valence-electron chi connectivity index (χ4n) is 5.81. The highest BCUT2D eigenvalue weighted by Gasteiger charge is 2.31. The van der Waals surface area contributed by atoms with E-state index >= 15 is 0 Å². The van der Waals surface area contributed by atoms with Crippen LogP contribution in [0.4, 0.5) is 17.2 Å². The Morgan fingerprint density at radius 1 is 0.600 bits per heavy atom. The van der Waals surface area contributed by atoms with Gasteiger partial charge < -0.3 is 9.80 Å². The molecule has 1 aliphatic heterocycles. The molecule has 2 heterocycles. The zero-order chi connectivity index (χ0) is 23.5. The summed E-state index contributed by atoms with van der Waals surface area (Å²) < 4.78 is 0. The first kappa shape index (κ1) is 20.0. The zero-order valence-corrected chi connectivity index (χ0v) is 19.9. The van der Waals surface area contributed by atoms with Gasteiger partial charge in [0.25, 0.3) is 0 Å². The molecule has 0 fully saturated rings. The first-order valence-electron chi connectivity index (χ1n) is 12.1. The fourth-order valence-corrected chi connectivity index (χ4v) is 5.81. The van der Waals surface area contributed by atoms with Crippen molar-refractivity contribution >= 4 is 17.2 Å². The third-order valence-corrected chi connectivity index (χ3v) is 7.36. The van der Waals surface area contributed by atoms with E-state index in [0.717, 1.165) is 18.2 Å². The Morgan fingerprint density at radius 2 is 1.14 bits per heavy atom. The molecule has 3 heteroatoms. The van der Waals surface area contributed by atoms with Gasteiger partial charge in [0, 0.05) is 18.8 Å². The minimum Gasteiger partial charge on any atom is -0.354 e. The third-order valence-electron chi connectivity index (χ3n) is 7.36. The second kappa shape index (κ2) is 7.57. The van der Waals surface area contributed by atoms with Crippen LogP contribution in [0.15, 0.2) is 103 Å². The van der Waals surface area contributed by atoms with Crippen molar-refractivity contribution in [3.8, 4) is 44.5 Å². The maximum Gasteiger partial charge on any atom is 0.158 e. The predicted octanol–water partition coefficient (Wildman–Crippen LogP) is 7.92. The second-order valence-electron chi connectivity index (χ2n) is 9.40. The van der Waals surface area contributed by atoms with Crippen molar-refractivity contribution in [2.24, 2.45) is 0 Å². The van der Waals surface area contributed by atoms with Gasteiger partial charge in [0.15, 0.2) is 5.82 Å². The summed E-state index contributed by atoms with van der Waals surface area (Å²) in [6, 6.07) is 35.2. The Kier molecular flexibility index (Phi) is 4.34. The molecule has 0 saturated carbocycles. The predicted molar refractivity (Wildman–Crippen MR) is 146 cm³/mol. The summed E-state index contributed by atoms with van der Waals surface area (Å²) in [4.78, 5) is 9.48. The molecule has 0 unspecified atom stereocenters. The lowest BCUT2D eigenvalue weighted by molar-refractivity contribution is 0.941. The molecule has 0 N–H and O–H groups in total. The topological polar surface area (TPSA) is 19.4 Å². The SMILES string of the molecule is Cc1ccc2c(c1N1CN(C)c3cccnc31)-c1ccccc1-c1ccccc1-c1ccccc1-2. The van der Waals surface area contributed by atoms with Gasteiger partial charge in [0.2, 0.25) is 0 Å². The Balaban J connectivity index is 1.63. The van der Waals surface area contributed by atoms with Crippen LogP contribution in [0.3, 0.4) is 0 Å². The van der Waals surface area contributed by atoms with Gasteiger partial charge in [-0.15, -0.1) is 0 Å². The highest BCUT2D eigenvalue weighted by atomic mass is 15.4. The third kappa shape index (κ3) is 2.88. The van der Waals surface area contributed by atoms with Gasteiger partial charge in [-0.3, -0.25) is 0 Å². The van der Waals surface area contributed by atoms with Crippen molar-refractivity contribution in [1.29, 1.82) is 0 Å². The van der Waals surface area contributed by atoms with Crippen LogP contribution in [0.5, 0.6) is 0 Å². The first-order chi connectivity index (χ1) is 17.2. The van der Waals surface area contributed by atoms with Crippen molar-refractivity contribution in [2.75, 3.05) is 23.5 Å². The van der Waals surface area contributed by atoms with Gasteiger partial charge in [0.1, 0.15) is 0 Å². The van der Waals surface area contributed by atoms with E-state index in [2.05, 4.69) is 115 Å². The van der Waals surface area contributed by atoms with E-state index in [4.69, 9.17) is 4.98 Å². The smallest absolute Gasteiger partial charge is 0.158 e. The number of rotatable bonds is 1. The zero-order valence-electron chi connectivity index (χ0n) is 19.9. The normalized spacial score (nSPS) is 13.2. The van der Waals surface area contributed by atoms with Crippen LogP contribution >= 0.6 is 0 Å². The van der Waals surface area contributed by atoms with Gasteiger partial charge >= 0.3 is 0 Å². The number of benzene rings is 4. The van der Waals surface area contributed by atoms with Gasteiger partial charge in [0.05, 0.1) is 18.0 Å². The number of hydrogen-bond donors (Lipinski definition) is 0. The van der Waals surface area contributed by atoms with Crippen LogP contribution in [0, 0.1) is 6.92 Å². The maximum absolute atomic E-state index is 4.82. The quantitative estimate of drug-likeness (QED) is 0.253. The van der Waals surface area contributed by atoms with Crippen molar-refractivity contribution in [1.82, 2.24) is 4.98 Å². The molecule has 35 heavy (non-hydrogen) atoms. The van der Waals surface area contributed by atoms with E-state index in [1.807, 2.05) is 12.3 Å². The van der Waals surface area contributed by atoms with Crippen LogP contribution in [0.2, 0.25) is 0 Å². The van der Waals surface area contributed by atoms with Crippen LogP contribution in [0.1, 0.15) is 5.56 Å². The average Bonchev–Trinajstić information content (AvgIpc) is 3.24. The molecule has 0 spiro atoms. The van der Waals surface area contributed by atoms with Crippen LogP contribution in [-0.4, -0.2) is 18.7 Å². The van der Waals surface area contributed by atoms with E-state index in [9.17, 15) is 0 Å². The Hall–Kier alpha value is -4.37. The van der Waals surface area contributed by atoms with Gasteiger partial charge in [-0.05, 0) is 63.6 Å². The minimum absolute atomic E-state index is 0.768. The summed E-state index contributed by atoms with van der Waals surface area (Å²) in [5.74, 6) is 1.01. The Morgan fingerprint density at radius 3 is 1.77 bits per heavy atom. The van der Waals surface area contributed by atoms with Crippen molar-refractivity contribution in [3.63, 3.8) is 0 Å². The molecular formula is C32H25N3. The average molecular weight is 452 g/mol. The fraction of sp³-hybridized carbons (Fsp3) is 0.0938. The van der Waals surface area contributed by atoms with E-state index < -0.39 is 0 Å². The lowest BCUT2D eigenvalue weighted by atomic mass is 9.79. The molecule has 168 valence electrons. The number of fused-ring (bicyclic) bond motifs is 9. The summed E-state index contributed by atoms with van der Waals surface area (Å²) in [7, 11) is 2.14. The lowest BCUT2D eigenvalue weighted by Gasteiger charge is -2.29. The van der Waals surface area contributed by atoms with Crippen molar-refractivity contribution in [3.05, 3.63) is 109 Å². The number of aryl methyl sites for hydroxylation is 1. The van der Waals surface area contributed by atoms with E-state index in [1.165, 1.54) is 55.8 Å². The summed E-state index contributed by atoms with van der Waals surface area (Å²) >= 11 is 0. The van der Waals surface area contributed by atoms with Gasteiger partial charge in [-0.1, -0.05) is 84.9 Å². The highest BCUT2D eigenvalue weighted by Crippen LogP contribution is 2.53. The second-order valence-corrected chi connectivity index (χ2v) is 9.40. The molecule has 4 aromatic carbocycles. The molecule has 7 rings (SSSR count). The number of anilines is 3. The lowest BCUT2D eigenvalue weighted by Crippen LogP contribution is -2.25. The highest BCUT2D eigenvalue weighted by molar-refractivity contribution is 6.07. The molecule has 1 aliphatic carbocycles. The van der Waals surface area contributed by atoms with Crippen molar-refractivity contribution < 1.29 is 0 Å². The number of hydrogen-bond acceptors (Lipinski definition) is 3. The number of pyridine rings is 1. The standard InChI is InChI=1S/C32H25N3/c1-21-17-18-28-26-14-6-5-12-24(26)22-10-3-4-11-23(22)25-13-7-8-15-27(25)30(28)31(21)35-20-34(2)29-16-9-19-33-32(29)35/h3-19H,20H2,1-2H3. The van der Waals surface area contributed by atoms with E-state index in [0.29, 0.717) is 0 Å². The summed E-state index contributed by atoms with van der Waals surface area (Å²) in [5, 5.41) is 0. The molecule has 3 nitrogen and oxygen atoms in total. The number of aromatic nitrogens is 1. The Bertz CT molecular complexity index is 1610. The molecule has 1 aromatic heterocycles. The largest absolute Gasteiger partial charge is 0.354 e. The van der Waals surface area contributed by atoms with Gasteiger partial charge in [-0.25, -0.2) is 4.98 Å². The first-order valence-corrected chi connectivity index (χ1v) is 12.1. The van der Waals surface area contributed by atoms with Crippen LogP contribution < -0.4 is 9.80 Å². The molecular weight excluding hydrogens is 426 g/mol. The summed E-state index contributed by atoms with van der Waals surface area (Å²) in [6.07, 6.45) is 1.90. The monoisotopic (exact) mass is 451 g/mol. The van der Waals surface area contributed by atoms with Crippen LogP contribution in [0.25, 0.3) is 44.5 Å². The maximum atomic E-state index is 4.82. The molecule has 0 atom stereocenters. The summed E-state index contributed by atoms with van der Waals surface area (Å²) in [5.41, 5.74) is 13.8. The number of nitrogens with zero attached hydrogens (tertiary/aromatic N) is 3. The summed E-state index contributed by atoms with van der Waals surface area (Å²) in [6.45, 7) is 2.99. The Labute approximate surface area is 205 Å². The minimum atomic E-state index is 0.768. The van der Waals surface area contributed by atoms with E-state index in [-0.39, 0.29) is 0 Å². The van der Waals surface area contributed by atoms with Gasteiger partial charge in [-0.2, -0.15) is 0 Å². The molecule has 0 bridgehead atoms. The van der Waals surface area contributed by atoms with Crippen molar-refractivity contribution in [2.45, 2.75) is 6.92 Å².